The van der Waals surface area contributed by atoms with Gasteiger partial charge in [-0.05, 0) is 13.3 Å². The first-order valence-electron chi connectivity index (χ1n) is 8.76. The molecule has 0 aliphatic carbocycles. The first kappa shape index (κ1) is 17.0. The van der Waals surface area contributed by atoms with Crippen molar-refractivity contribution in [3.8, 4) is 0 Å². The minimum Gasteiger partial charge on any atom is -0.377 e. The third kappa shape index (κ3) is 3.58. The third-order valence-electron chi connectivity index (χ3n) is 4.86. The molecule has 2 aliphatic heterocycles. The summed E-state index contributed by atoms with van der Waals surface area (Å²) in [6.07, 6.45) is 7.38. The van der Waals surface area contributed by atoms with Crippen LogP contribution in [0.3, 0.4) is 0 Å². The first-order valence-corrected chi connectivity index (χ1v) is 8.76. The van der Waals surface area contributed by atoms with Crippen LogP contribution in [0, 0.1) is 12.8 Å². The van der Waals surface area contributed by atoms with Crippen molar-refractivity contribution in [2.45, 2.75) is 25.5 Å². The van der Waals surface area contributed by atoms with E-state index in [4.69, 9.17) is 9.47 Å². The van der Waals surface area contributed by atoms with Gasteiger partial charge in [-0.1, -0.05) is 0 Å². The number of rotatable bonds is 3. The normalized spacial score (nSPS) is 26.2. The highest BCUT2D eigenvalue weighted by Crippen LogP contribution is 2.33. The topological polar surface area (TPSA) is 95.3 Å². The molecule has 4 rings (SSSR count). The molecule has 4 heterocycles. The Morgan fingerprint density at radius 3 is 2.92 bits per heavy atom. The highest BCUT2D eigenvalue weighted by molar-refractivity contribution is 5.92. The fraction of sp³-hybridized carbons (Fsp3) is 0.588. The van der Waals surface area contributed by atoms with E-state index >= 15 is 0 Å². The second-order valence-electron chi connectivity index (χ2n) is 7.05. The summed E-state index contributed by atoms with van der Waals surface area (Å²) in [7, 11) is 0. The number of amides is 1. The summed E-state index contributed by atoms with van der Waals surface area (Å²) in [6, 6.07) is 0. The van der Waals surface area contributed by atoms with E-state index in [0.29, 0.717) is 44.5 Å². The average Bonchev–Trinajstić information content (AvgIpc) is 3.23. The van der Waals surface area contributed by atoms with Crippen molar-refractivity contribution in [3.63, 3.8) is 0 Å². The molecule has 0 aromatic carbocycles. The van der Waals surface area contributed by atoms with E-state index < -0.39 is 5.60 Å². The van der Waals surface area contributed by atoms with E-state index in [1.54, 1.807) is 23.8 Å². The number of aromatic nitrogens is 5. The van der Waals surface area contributed by atoms with Gasteiger partial charge in [-0.3, -0.25) is 9.78 Å². The Morgan fingerprint density at radius 2 is 2.15 bits per heavy atom. The Balaban J connectivity index is 1.45. The molecule has 1 spiro atoms. The van der Waals surface area contributed by atoms with Crippen LogP contribution < -0.4 is 0 Å². The Labute approximate surface area is 151 Å². The molecule has 26 heavy (non-hydrogen) atoms. The van der Waals surface area contributed by atoms with E-state index in [1.165, 1.54) is 6.20 Å². The molecule has 9 heteroatoms. The van der Waals surface area contributed by atoms with E-state index in [0.717, 1.165) is 18.7 Å². The molecule has 2 aromatic rings. The van der Waals surface area contributed by atoms with E-state index in [1.807, 2.05) is 11.5 Å². The summed E-state index contributed by atoms with van der Waals surface area (Å²) in [5.74, 6) is 0.206. The standard InChI is InChI=1S/C17H22N6O3/c1-13-5-19-15(6-18-13)16(24)23-2-3-25-10-17(9-23)4-14(8-26-17)7-22-11-20-21-12-22/h5-6,11-12,14H,2-4,7-10H2,1H3. The molecule has 2 unspecified atom stereocenters. The van der Waals surface area contributed by atoms with E-state index in [-0.39, 0.29) is 5.91 Å². The van der Waals surface area contributed by atoms with Gasteiger partial charge in [-0.25, -0.2) is 4.98 Å². The zero-order valence-electron chi connectivity index (χ0n) is 14.7. The second-order valence-corrected chi connectivity index (χ2v) is 7.05. The van der Waals surface area contributed by atoms with Crippen LogP contribution in [-0.4, -0.2) is 74.1 Å². The van der Waals surface area contributed by atoms with Gasteiger partial charge in [0.2, 0.25) is 0 Å². The van der Waals surface area contributed by atoms with Gasteiger partial charge in [-0.15, -0.1) is 10.2 Å². The number of carbonyl (C=O) groups excluding carboxylic acids is 1. The minimum atomic E-state index is -0.469. The monoisotopic (exact) mass is 358 g/mol. The highest BCUT2D eigenvalue weighted by Gasteiger charge is 2.44. The van der Waals surface area contributed by atoms with Crippen LogP contribution >= 0.6 is 0 Å². The molecule has 2 saturated heterocycles. The lowest BCUT2D eigenvalue weighted by Gasteiger charge is -2.31. The van der Waals surface area contributed by atoms with Crippen LogP contribution in [0.25, 0.3) is 0 Å². The summed E-state index contributed by atoms with van der Waals surface area (Å²) in [4.78, 5) is 23.0. The van der Waals surface area contributed by atoms with Gasteiger partial charge < -0.3 is 18.9 Å². The van der Waals surface area contributed by atoms with Gasteiger partial charge in [0, 0.05) is 25.2 Å². The molecule has 2 aliphatic rings. The minimum absolute atomic E-state index is 0.131. The molecule has 0 bridgehead atoms. The molecule has 0 N–H and O–H groups in total. The number of ether oxygens (including phenoxy) is 2. The molecule has 0 radical (unpaired) electrons. The lowest BCUT2D eigenvalue weighted by atomic mass is 9.94. The SMILES string of the molecule is Cc1cnc(C(=O)N2CCOCC3(CC(Cn4cnnc4)CO3)C2)cn1. The first-order chi connectivity index (χ1) is 12.6. The summed E-state index contributed by atoms with van der Waals surface area (Å²) in [6.45, 7) is 5.29. The number of nitrogens with zero attached hydrogens (tertiary/aromatic N) is 6. The Kier molecular flexibility index (Phi) is 4.64. The van der Waals surface area contributed by atoms with Crippen LogP contribution in [0.4, 0.5) is 0 Å². The van der Waals surface area contributed by atoms with Crippen LogP contribution in [0.15, 0.2) is 25.0 Å². The molecular weight excluding hydrogens is 336 g/mol. The summed E-state index contributed by atoms with van der Waals surface area (Å²) < 4.78 is 13.9. The lowest BCUT2D eigenvalue weighted by molar-refractivity contribution is -0.0539. The summed E-state index contributed by atoms with van der Waals surface area (Å²) in [5, 5.41) is 7.68. The molecule has 1 amide bonds. The molecule has 2 fully saturated rings. The zero-order valence-corrected chi connectivity index (χ0v) is 14.7. The fourth-order valence-corrected chi connectivity index (χ4v) is 3.62. The van der Waals surface area contributed by atoms with Crippen molar-refractivity contribution >= 4 is 5.91 Å². The molecule has 2 atom stereocenters. The number of hydrogen-bond acceptors (Lipinski definition) is 7. The molecular formula is C17H22N6O3. The Hall–Kier alpha value is -2.39. The van der Waals surface area contributed by atoms with Crippen molar-refractivity contribution in [2.24, 2.45) is 5.92 Å². The van der Waals surface area contributed by atoms with Crippen LogP contribution in [0.2, 0.25) is 0 Å². The molecule has 2 aromatic heterocycles. The van der Waals surface area contributed by atoms with Crippen LogP contribution in [0.5, 0.6) is 0 Å². The van der Waals surface area contributed by atoms with Crippen molar-refractivity contribution in [3.05, 3.63) is 36.4 Å². The number of carbonyl (C=O) groups is 1. The van der Waals surface area contributed by atoms with E-state index in [9.17, 15) is 4.79 Å². The van der Waals surface area contributed by atoms with Gasteiger partial charge in [0.1, 0.15) is 23.9 Å². The molecule has 9 nitrogen and oxygen atoms in total. The predicted octanol–water partition coefficient (Wildman–Crippen LogP) is 0.324. The van der Waals surface area contributed by atoms with E-state index in [2.05, 4.69) is 20.2 Å². The number of hydrogen-bond donors (Lipinski definition) is 0. The maximum absolute atomic E-state index is 12.8. The van der Waals surface area contributed by atoms with Crippen molar-refractivity contribution in [1.82, 2.24) is 29.6 Å². The van der Waals surface area contributed by atoms with Gasteiger partial charge in [-0.2, -0.15) is 0 Å². The van der Waals surface area contributed by atoms with Crippen molar-refractivity contribution in [2.75, 3.05) is 32.9 Å². The van der Waals surface area contributed by atoms with Crippen LogP contribution in [-0.2, 0) is 16.0 Å². The predicted molar refractivity (Wildman–Crippen MR) is 90.3 cm³/mol. The quantitative estimate of drug-likeness (QED) is 0.780. The highest BCUT2D eigenvalue weighted by atomic mass is 16.5. The van der Waals surface area contributed by atoms with Gasteiger partial charge in [0.25, 0.3) is 5.91 Å². The number of aryl methyl sites for hydroxylation is 1. The lowest BCUT2D eigenvalue weighted by Crippen LogP contribution is -2.46. The van der Waals surface area contributed by atoms with Crippen molar-refractivity contribution in [1.29, 1.82) is 0 Å². The Bertz CT molecular complexity index is 750. The zero-order chi connectivity index (χ0) is 18.0. The summed E-state index contributed by atoms with van der Waals surface area (Å²) in [5.41, 5.74) is 0.669. The molecule has 138 valence electrons. The average molecular weight is 358 g/mol. The van der Waals surface area contributed by atoms with Gasteiger partial charge >= 0.3 is 0 Å². The Morgan fingerprint density at radius 1 is 1.31 bits per heavy atom. The van der Waals surface area contributed by atoms with Gasteiger partial charge in [0.15, 0.2) is 0 Å². The maximum atomic E-state index is 12.8. The van der Waals surface area contributed by atoms with Crippen molar-refractivity contribution < 1.29 is 14.3 Å². The maximum Gasteiger partial charge on any atom is 0.274 e. The smallest absolute Gasteiger partial charge is 0.274 e. The largest absolute Gasteiger partial charge is 0.377 e. The second kappa shape index (κ2) is 7.08. The summed E-state index contributed by atoms with van der Waals surface area (Å²) >= 11 is 0. The van der Waals surface area contributed by atoms with Gasteiger partial charge in [0.05, 0.1) is 38.3 Å². The fourth-order valence-electron chi connectivity index (χ4n) is 3.62. The molecule has 0 saturated carbocycles. The third-order valence-corrected chi connectivity index (χ3v) is 4.86. The van der Waals surface area contributed by atoms with Crippen LogP contribution in [0.1, 0.15) is 22.6 Å².